The summed E-state index contributed by atoms with van der Waals surface area (Å²) in [6.45, 7) is 6.70. The topological polar surface area (TPSA) is 93.7 Å². The Morgan fingerprint density at radius 1 is 1.17 bits per heavy atom. The molecule has 0 aliphatic rings. The monoisotopic (exact) mass is 336 g/mol. The van der Waals surface area contributed by atoms with Crippen LogP contribution in [0.4, 0.5) is 4.79 Å². The van der Waals surface area contributed by atoms with Crippen molar-refractivity contribution in [1.29, 1.82) is 0 Å². The molecule has 1 aromatic carbocycles. The lowest BCUT2D eigenvalue weighted by Crippen LogP contribution is -2.44. The number of carbonyl (C=O) groups excluding carboxylic acids is 3. The minimum atomic E-state index is -0.698. The largest absolute Gasteiger partial charge is 0.482 e. The summed E-state index contributed by atoms with van der Waals surface area (Å²) in [6, 6.07) is 4.91. The van der Waals surface area contributed by atoms with Crippen LogP contribution in [0.3, 0.4) is 0 Å². The molecule has 24 heavy (non-hydrogen) atoms. The predicted molar refractivity (Wildman–Crippen MR) is 88.8 cm³/mol. The molecule has 1 aromatic rings. The van der Waals surface area contributed by atoms with Crippen molar-refractivity contribution in [2.45, 2.75) is 40.2 Å². The van der Waals surface area contributed by atoms with Crippen LogP contribution in [0.2, 0.25) is 0 Å². The number of benzene rings is 1. The second-order valence-electron chi connectivity index (χ2n) is 5.55. The first-order valence-corrected chi connectivity index (χ1v) is 7.77. The Morgan fingerprint density at radius 3 is 2.50 bits per heavy atom. The normalized spacial score (nSPS) is 11.3. The predicted octanol–water partition coefficient (Wildman–Crippen LogP) is 1.85. The molecule has 1 rings (SSSR count). The van der Waals surface area contributed by atoms with Crippen LogP contribution >= 0.6 is 0 Å². The standard InChI is InChI=1S/C17H24N2O5/c1-5-13(4)18-17(22)19-15(20)9-24-16(21)10-23-14-7-6-11(2)8-12(14)3/h6-8,13H,5,9-10H2,1-4H3,(H2,18,19,20,22)/t13-/m1/s1. The van der Waals surface area contributed by atoms with Crippen molar-refractivity contribution in [3.63, 3.8) is 0 Å². The number of aryl methyl sites for hydroxylation is 2. The number of hydrogen-bond donors (Lipinski definition) is 2. The van der Waals surface area contributed by atoms with E-state index in [1.807, 2.05) is 39.8 Å². The quantitative estimate of drug-likeness (QED) is 0.741. The Hall–Kier alpha value is -2.57. The Labute approximate surface area is 141 Å². The summed E-state index contributed by atoms with van der Waals surface area (Å²) in [5.41, 5.74) is 2.00. The summed E-state index contributed by atoms with van der Waals surface area (Å²) in [7, 11) is 0. The number of ether oxygens (including phenoxy) is 2. The van der Waals surface area contributed by atoms with Gasteiger partial charge in [-0.25, -0.2) is 9.59 Å². The van der Waals surface area contributed by atoms with Crippen LogP contribution in [0.15, 0.2) is 18.2 Å². The molecule has 0 radical (unpaired) electrons. The van der Waals surface area contributed by atoms with Gasteiger partial charge in [0.05, 0.1) is 0 Å². The van der Waals surface area contributed by atoms with Crippen molar-refractivity contribution in [3.05, 3.63) is 29.3 Å². The van der Waals surface area contributed by atoms with Gasteiger partial charge < -0.3 is 14.8 Å². The van der Waals surface area contributed by atoms with E-state index in [-0.39, 0.29) is 12.6 Å². The zero-order valence-corrected chi connectivity index (χ0v) is 14.5. The highest BCUT2D eigenvalue weighted by molar-refractivity contribution is 5.95. The molecule has 1 atom stereocenters. The highest BCUT2D eigenvalue weighted by atomic mass is 16.6. The van der Waals surface area contributed by atoms with Crippen molar-refractivity contribution in [1.82, 2.24) is 10.6 Å². The molecule has 0 heterocycles. The summed E-state index contributed by atoms with van der Waals surface area (Å²) < 4.78 is 10.1. The molecule has 0 bridgehead atoms. The van der Waals surface area contributed by atoms with Gasteiger partial charge in [-0.1, -0.05) is 24.6 Å². The van der Waals surface area contributed by atoms with Crippen LogP contribution in [-0.2, 0) is 14.3 Å². The number of esters is 1. The third-order valence-corrected chi connectivity index (χ3v) is 3.28. The van der Waals surface area contributed by atoms with E-state index in [0.29, 0.717) is 5.75 Å². The number of amides is 3. The molecule has 0 fully saturated rings. The number of imide groups is 1. The first-order valence-electron chi connectivity index (χ1n) is 7.77. The van der Waals surface area contributed by atoms with Crippen LogP contribution < -0.4 is 15.4 Å². The maximum atomic E-state index is 11.6. The molecule has 0 spiro atoms. The Bertz CT molecular complexity index is 601. The zero-order chi connectivity index (χ0) is 18.1. The van der Waals surface area contributed by atoms with Gasteiger partial charge in [0.1, 0.15) is 5.75 Å². The average Bonchev–Trinajstić information content (AvgIpc) is 2.51. The van der Waals surface area contributed by atoms with Gasteiger partial charge in [0, 0.05) is 6.04 Å². The smallest absolute Gasteiger partial charge is 0.344 e. The van der Waals surface area contributed by atoms with E-state index in [9.17, 15) is 14.4 Å². The van der Waals surface area contributed by atoms with Crippen molar-refractivity contribution >= 4 is 17.9 Å². The molecule has 0 aliphatic carbocycles. The fourth-order valence-corrected chi connectivity index (χ4v) is 1.81. The third kappa shape index (κ3) is 7.13. The van der Waals surface area contributed by atoms with Crippen LogP contribution in [0.1, 0.15) is 31.4 Å². The van der Waals surface area contributed by atoms with Gasteiger partial charge in [-0.2, -0.15) is 0 Å². The highest BCUT2D eigenvalue weighted by Crippen LogP contribution is 2.18. The number of nitrogens with one attached hydrogen (secondary N) is 2. The molecule has 0 saturated carbocycles. The van der Waals surface area contributed by atoms with Gasteiger partial charge in [-0.3, -0.25) is 10.1 Å². The summed E-state index contributed by atoms with van der Waals surface area (Å²) in [5.74, 6) is -0.807. The van der Waals surface area contributed by atoms with Gasteiger partial charge in [0.2, 0.25) is 0 Å². The van der Waals surface area contributed by atoms with Crippen LogP contribution in [-0.4, -0.2) is 37.2 Å². The van der Waals surface area contributed by atoms with Crippen LogP contribution in [0, 0.1) is 13.8 Å². The molecule has 0 saturated heterocycles. The van der Waals surface area contributed by atoms with Crippen LogP contribution in [0.5, 0.6) is 5.75 Å². The molecule has 2 N–H and O–H groups in total. The lowest BCUT2D eigenvalue weighted by atomic mass is 10.1. The first-order chi connectivity index (χ1) is 11.3. The number of urea groups is 1. The first kappa shape index (κ1) is 19.5. The maximum Gasteiger partial charge on any atom is 0.344 e. The van der Waals surface area contributed by atoms with E-state index in [0.717, 1.165) is 17.5 Å². The molecule has 0 unspecified atom stereocenters. The molecular weight excluding hydrogens is 312 g/mol. The summed E-state index contributed by atoms with van der Waals surface area (Å²) >= 11 is 0. The lowest BCUT2D eigenvalue weighted by Gasteiger charge is -2.12. The lowest BCUT2D eigenvalue weighted by molar-refractivity contribution is -0.150. The summed E-state index contributed by atoms with van der Waals surface area (Å²) in [5, 5.41) is 4.65. The summed E-state index contributed by atoms with van der Waals surface area (Å²) in [4.78, 5) is 34.5. The highest BCUT2D eigenvalue weighted by Gasteiger charge is 2.13. The number of carbonyl (C=O) groups is 3. The Kier molecular flexibility index (Phi) is 7.74. The van der Waals surface area contributed by atoms with Crippen molar-refractivity contribution in [2.24, 2.45) is 0 Å². The molecule has 0 aromatic heterocycles. The minimum Gasteiger partial charge on any atom is -0.482 e. The van der Waals surface area contributed by atoms with Gasteiger partial charge in [-0.15, -0.1) is 0 Å². The van der Waals surface area contributed by atoms with E-state index in [1.54, 1.807) is 6.07 Å². The summed E-state index contributed by atoms with van der Waals surface area (Å²) in [6.07, 6.45) is 0.742. The molecule has 3 amide bonds. The van der Waals surface area contributed by atoms with Gasteiger partial charge >= 0.3 is 12.0 Å². The van der Waals surface area contributed by atoms with E-state index in [2.05, 4.69) is 10.6 Å². The fourth-order valence-electron chi connectivity index (χ4n) is 1.81. The van der Waals surface area contributed by atoms with E-state index >= 15 is 0 Å². The SMILES string of the molecule is CC[C@@H](C)NC(=O)NC(=O)COC(=O)COc1ccc(C)cc1C. The van der Waals surface area contributed by atoms with Gasteiger partial charge in [-0.05, 0) is 38.8 Å². The molecule has 7 heteroatoms. The van der Waals surface area contributed by atoms with Crippen molar-refractivity contribution in [3.8, 4) is 5.75 Å². The average molecular weight is 336 g/mol. The zero-order valence-electron chi connectivity index (χ0n) is 14.5. The second kappa shape index (κ2) is 9.54. The molecule has 7 nitrogen and oxygen atoms in total. The molecule has 0 aliphatic heterocycles. The van der Waals surface area contributed by atoms with E-state index in [4.69, 9.17) is 9.47 Å². The van der Waals surface area contributed by atoms with Crippen LogP contribution in [0.25, 0.3) is 0 Å². The van der Waals surface area contributed by atoms with Crippen molar-refractivity contribution < 1.29 is 23.9 Å². The minimum absolute atomic E-state index is 0.0495. The second-order valence-corrected chi connectivity index (χ2v) is 5.55. The van der Waals surface area contributed by atoms with E-state index in [1.165, 1.54) is 0 Å². The Morgan fingerprint density at radius 2 is 1.88 bits per heavy atom. The maximum absolute atomic E-state index is 11.6. The number of rotatable bonds is 7. The Balaban J connectivity index is 2.30. The number of hydrogen-bond acceptors (Lipinski definition) is 5. The van der Waals surface area contributed by atoms with Gasteiger partial charge in [0.15, 0.2) is 13.2 Å². The molecular formula is C17H24N2O5. The van der Waals surface area contributed by atoms with E-state index < -0.39 is 24.5 Å². The molecule has 132 valence electrons. The van der Waals surface area contributed by atoms with Crippen molar-refractivity contribution in [2.75, 3.05) is 13.2 Å². The van der Waals surface area contributed by atoms with Gasteiger partial charge in [0.25, 0.3) is 5.91 Å². The third-order valence-electron chi connectivity index (χ3n) is 3.28. The fraction of sp³-hybridized carbons (Fsp3) is 0.471.